The van der Waals surface area contributed by atoms with Crippen molar-refractivity contribution >= 4 is 17.5 Å². The molecule has 2 heteroatoms. The van der Waals surface area contributed by atoms with Gasteiger partial charge in [0, 0.05) is 30.3 Å². The lowest BCUT2D eigenvalue weighted by Gasteiger charge is -2.20. The molecule has 0 amide bonds. The van der Waals surface area contributed by atoms with Gasteiger partial charge >= 0.3 is 0 Å². The van der Waals surface area contributed by atoms with Crippen molar-refractivity contribution in [2.75, 3.05) is 18.0 Å². The lowest BCUT2D eigenvalue weighted by atomic mass is 9.88. The van der Waals surface area contributed by atoms with E-state index < -0.39 is 0 Å². The quantitative estimate of drug-likeness (QED) is 0.417. The maximum absolute atomic E-state index is 13.2. The van der Waals surface area contributed by atoms with E-state index in [0.29, 0.717) is 0 Å². The maximum atomic E-state index is 13.2. The second kappa shape index (κ2) is 12.9. The third kappa shape index (κ3) is 6.62. The lowest BCUT2D eigenvalue weighted by molar-refractivity contribution is 0.0957. The molecule has 2 aromatic rings. The third-order valence-electron chi connectivity index (χ3n) is 7.68. The average Bonchev–Trinajstić information content (AvgIpc) is 3.65. The van der Waals surface area contributed by atoms with Crippen LogP contribution in [-0.4, -0.2) is 18.9 Å². The van der Waals surface area contributed by atoms with E-state index in [1.807, 2.05) is 32.1 Å². The largest absolute Gasteiger partial charge is 0.371 e. The topological polar surface area (TPSA) is 20.3 Å². The van der Waals surface area contributed by atoms with Crippen molar-refractivity contribution in [3.05, 3.63) is 71.3 Å². The predicted molar refractivity (Wildman–Crippen MR) is 148 cm³/mol. The van der Waals surface area contributed by atoms with Crippen molar-refractivity contribution < 1.29 is 4.79 Å². The van der Waals surface area contributed by atoms with Crippen molar-refractivity contribution in [2.45, 2.75) is 85.0 Å². The molecule has 2 atom stereocenters. The van der Waals surface area contributed by atoms with Gasteiger partial charge in [-0.2, -0.15) is 0 Å². The molecule has 0 bridgehead atoms. The minimum absolute atomic E-state index is 0.0168. The lowest BCUT2D eigenvalue weighted by Crippen LogP contribution is -2.19. The van der Waals surface area contributed by atoms with Crippen LogP contribution in [0, 0.1) is 11.8 Å². The number of rotatable bonds is 5. The van der Waals surface area contributed by atoms with Crippen LogP contribution in [0.5, 0.6) is 0 Å². The normalized spacial score (nSPS) is 21.4. The van der Waals surface area contributed by atoms with E-state index in [9.17, 15) is 4.79 Å². The van der Waals surface area contributed by atoms with Crippen molar-refractivity contribution in [3.63, 3.8) is 0 Å². The van der Waals surface area contributed by atoms with Gasteiger partial charge in [-0.05, 0) is 66.3 Å². The fraction of sp³-hybridized carbons (Fsp3) is 0.531. The summed E-state index contributed by atoms with van der Waals surface area (Å²) in [5.74, 6) is 2.22. The number of ketones is 1. The first-order valence-electron chi connectivity index (χ1n) is 13.8. The van der Waals surface area contributed by atoms with E-state index in [0.717, 1.165) is 60.9 Å². The first kappa shape index (κ1) is 26.3. The zero-order valence-corrected chi connectivity index (χ0v) is 22.0. The van der Waals surface area contributed by atoms with Crippen LogP contribution in [0.25, 0.3) is 6.08 Å². The number of hydrogen-bond donors (Lipinski definition) is 0. The highest BCUT2D eigenvalue weighted by molar-refractivity contribution is 6.02. The van der Waals surface area contributed by atoms with Gasteiger partial charge in [0.2, 0.25) is 0 Å². The molecular formula is C32H45NO. The zero-order valence-electron chi connectivity index (χ0n) is 22.0. The molecule has 34 heavy (non-hydrogen) atoms. The SMILES string of the molecule is C=Cc1ccc2c(c1)CCCC(c1ccc(N3CCC(CC)C3)cc1)C2=O.CC.CCC1CC1. The second-order valence-electron chi connectivity index (χ2n) is 9.88. The molecule has 0 N–H and O–H groups in total. The smallest absolute Gasteiger partial charge is 0.170 e. The number of aryl methyl sites for hydroxylation is 1. The summed E-state index contributed by atoms with van der Waals surface area (Å²) < 4.78 is 0. The Balaban J connectivity index is 0.000000404. The average molecular weight is 460 g/mol. The number of Topliss-reactive ketones (excluding diaryl/α,β-unsaturated/α-hetero) is 1. The standard InChI is InChI=1S/C25H29NO.C5H10.C2H6/c1-3-18-8-13-24-21(16-18)6-5-7-23(25(24)27)20-9-11-22(12-10-20)26-15-14-19(4-2)17-26;1-2-5-3-4-5;1-2/h3,8-13,16,19,23H,1,4-7,14-15,17H2,2H3;5H,2-4H2,1H3;1-2H3. The Labute approximate surface area is 208 Å². The first-order chi connectivity index (χ1) is 16.6. The molecule has 1 saturated heterocycles. The van der Waals surface area contributed by atoms with Crippen LogP contribution in [0.3, 0.4) is 0 Å². The van der Waals surface area contributed by atoms with Gasteiger partial charge in [-0.15, -0.1) is 0 Å². The molecule has 5 rings (SSSR count). The summed E-state index contributed by atoms with van der Waals surface area (Å²) in [4.78, 5) is 15.7. The summed E-state index contributed by atoms with van der Waals surface area (Å²) >= 11 is 0. The summed E-state index contributed by atoms with van der Waals surface area (Å²) in [7, 11) is 0. The Morgan fingerprint density at radius 2 is 1.65 bits per heavy atom. The Morgan fingerprint density at radius 1 is 0.941 bits per heavy atom. The van der Waals surface area contributed by atoms with Crippen LogP contribution in [-0.2, 0) is 6.42 Å². The van der Waals surface area contributed by atoms with Gasteiger partial charge in [-0.3, -0.25) is 4.79 Å². The van der Waals surface area contributed by atoms with Gasteiger partial charge in [0.25, 0.3) is 0 Å². The maximum Gasteiger partial charge on any atom is 0.170 e. The van der Waals surface area contributed by atoms with E-state index in [1.54, 1.807) is 0 Å². The molecule has 1 saturated carbocycles. The van der Waals surface area contributed by atoms with Gasteiger partial charge in [0.15, 0.2) is 5.78 Å². The number of carbonyl (C=O) groups is 1. The Hall–Kier alpha value is -2.35. The first-order valence-corrected chi connectivity index (χ1v) is 13.8. The molecule has 3 aliphatic rings. The van der Waals surface area contributed by atoms with Crippen molar-refractivity contribution in [2.24, 2.45) is 11.8 Å². The van der Waals surface area contributed by atoms with Crippen LogP contribution >= 0.6 is 0 Å². The number of benzene rings is 2. The number of hydrogen-bond acceptors (Lipinski definition) is 2. The Kier molecular flexibility index (Phi) is 9.99. The van der Waals surface area contributed by atoms with Crippen LogP contribution in [0.4, 0.5) is 5.69 Å². The van der Waals surface area contributed by atoms with Gasteiger partial charge in [-0.1, -0.05) is 96.4 Å². The zero-order chi connectivity index (χ0) is 24.5. The molecule has 1 aliphatic heterocycles. The minimum Gasteiger partial charge on any atom is -0.371 e. The van der Waals surface area contributed by atoms with Gasteiger partial charge in [0.05, 0.1) is 0 Å². The van der Waals surface area contributed by atoms with E-state index in [2.05, 4.69) is 55.7 Å². The molecule has 2 unspecified atom stereocenters. The predicted octanol–water partition coefficient (Wildman–Crippen LogP) is 8.70. The summed E-state index contributed by atoms with van der Waals surface area (Å²) in [6.45, 7) is 14.7. The van der Waals surface area contributed by atoms with Gasteiger partial charge in [0.1, 0.15) is 0 Å². The van der Waals surface area contributed by atoms with E-state index in [-0.39, 0.29) is 11.7 Å². The molecule has 2 nitrogen and oxygen atoms in total. The highest BCUT2D eigenvalue weighted by atomic mass is 16.1. The van der Waals surface area contributed by atoms with E-state index in [4.69, 9.17) is 0 Å². The summed E-state index contributed by atoms with van der Waals surface area (Å²) in [6.07, 6.45) is 11.8. The number of nitrogens with zero attached hydrogens (tertiary/aromatic N) is 1. The number of anilines is 1. The monoisotopic (exact) mass is 459 g/mol. The molecule has 2 aliphatic carbocycles. The van der Waals surface area contributed by atoms with Gasteiger partial charge in [-0.25, -0.2) is 0 Å². The fourth-order valence-corrected chi connectivity index (χ4v) is 5.17. The van der Waals surface area contributed by atoms with E-state index in [1.165, 1.54) is 43.4 Å². The summed E-state index contributed by atoms with van der Waals surface area (Å²) in [5.41, 5.74) is 5.64. The third-order valence-corrected chi connectivity index (χ3v) is 7.68. The molecular weight excluding hydrogens is 414 g/mol. The van der Waals surface area contributed by atoms with Crippen molar-refractivity contribution in [3.8, 4) is 0 Å². The highest BCUT2D eigenvalue weighted by Gasteiger charge is 2.27. The molecule has 2 fully saturated rings. The van der Waals surface area contributed by atoms with Crippen molar-refractivity contribution in [1.29, 1.82) is 0 Å². The molecule has 1 heterocycles. The molecule has 0 radical (unpaired) electrons. The molecule has 0 spiro atoms. The number of fused-ring (bicyclic) bond motifs is 1. The Morgan fingerprint density at radius 3 is 2.21 bits per heavy atom. The van der Waals surface area contributed by atoms with Crippen LogP contribution in [0.15, 0.2) is 49.0 Å². The van der Waals surface area contributed by atoms with Crippen LogP contribution in [0.2, 0.25) is 0 Å². The molecule has 184 valence electrons. The fourth-order valence-electron chi connectivity index (χ4n) is 5.17. The summed E-state index contributed by atoms with van der Waals surface area (Å²) in [5, 5.41) is 0. The van der Waals surface area contributed by atoms with E-state index >= 15 is 0 Å². The molecule has 0 aromatic heterocycles. The number of carbonyl (C=O) groups excluding carboxylic acids is 1. The van der Waals surface area contributed by atoms with Crippen LogP contribution < -0.4 is 4.90 Å². The van der Waals surface area contributed by atoms with Gasteiger partial charge < -0.3 is 4.90 Å². The Bertz CT molecular complexity index is 925. The summed E-state index contributed by atoms with van der Waals surface area (Å²) in [6, 6.07) is 14.9. The minimum atomic E-state index is -0.0168. The van der Waals surface area contributed by atoms with Crippen LogP contribution in [0.1, 0.15) is 106 Å². The molecule has 2 aromatic carbocycles. The highest BCUT2D eigenvalue weighted by Crippen LogP contribution is 2.34. The second-order valence-corrected chi connectivity index (χ2v) is 9.88. The van der Waals surface area contributed by atoms with Crippen molar-refractivity contribution in [1.82, 2.24) is 0 Å².